The van der Waals surface area contributed by atoms with Crippen molar-refractivity contribution in [1.29, 1.82) is 0 Å². The number of benzene rings is 1. The molecule has 0 heterocycles. The lowest BCUT2D eigenvalue weighted by atomic mass is 9.92. The molecule has 1 atom stereocenters. The van der Waals surface area contributed by atoms with Crippen LogP contribution in [0.3, 0.4) is 0 Å². The first-order valence-electron chi connectivity index (χ1n) is 5.00. The summed E-state index contributed by atoms with van der Waals surface area (Å²) in [4.78, 5) is 11.1. The minimum Gasteiger partial charge on any atom is -0.508 e. The second kappa shape index (κ2) is 4.85. The number of phenols is 1. The molecular formula is C11H12F3NO3. The Hall–Kier alpha value is -1.76. The summed E-state index contributed by atoms with van der Waals surface area (Å²) < 4.78 is 36.4. The van der Waals surface area contributed by atoms with Gasteiger partial charge in [0.2, 0.25) is 0 Å². The van der Waals surface area contributed by atoms with Crippen LogP contribution in [0.1, 0.15) is 12.5 Å². The van der Waals surface area contributed by atoms with Gasteiger partial charge in [-0.15, -0.1) is 0 Å². The van der Waals surface area contributed by atoms with Crippen molar-refractivity contribution in [3.63, 3.8) is 0 Å². The Bertz CT molecular complexity index is 430. The van der Waals surface area contributed by atoms with Crippen molar-refractivity contribution < 1.29 is 28.2 Å². The van der Waals surface area contributed by atoms with Crippen LogP contribution >= 0.6 is 0 Å². The number of hydrogen-bond donors (Lipinski definition) is 3. The molecule has 0 aliphatic heterocycles. The maximum atomic E-state index is 12.1. The Morgan fingerprint density at radius 3 is 2.17 bits per heavy atom. The van der Waals surface area contributed by atoms with Gasteiger partial charge in [0.1, 0.15) is 11.3 Å². The van der Waals surface area contributed by atoms with Crippen LogP contribution in [0, 0.1) is 0 Å². The van der Waals surface area contributed by atoms with E-state index in [0.717, 1.165) is 6.92 Å². The molecule has 0 aliphatic carbocycles. The molecule has 1 unspecified atom stereocenters. The molecule has 100 valence electrons. The molecule has 0 spiro atoms. The van der Waals surface area contributed by atoms with Crippen LogP contribution in [-0.2, 0) is 10.3 Å². The summed E-state index contributed by atoms with van der Waals surface area (Å²) >= 11 is 0. The first-order valence-corrected chi connectivity index (χ1v) is 5.00. The number of aromatic hydroxyl groups is 1. The number of halogens is 3. The van der Waals surface area contributed by atoms with Gasteiger partial charge in [0.05, 0.1) is 6.54 Å². The lowest BCUT2D eigenvalue weighted by Gasteiger charge is -2.27. The Kier molecular flexibility index (Phi) is 3.85. The molecule has 7 heteroatoms. The molecule has 0 aromatic heterocycles. The van der Waals surface area contributed by atoms with E-state index in [4.69, 9.17) is 10.2 Å². The highest BCUT2D eigenvalue weighted by Crippen LogP contribution is 2.25. The number of hydrogen-bond acceptors (Lipinski definition) is 3. The van der Waals surface area contributed by atoms with Crippen LogP contribution in [-0.4, -0.2) is 28.9 Å². The number of alkyl halides is 3. The SMILES string of the molecule is CC(NCC(F)(F)F)(C(=O)O)c1ccc(O)cc1. The predicted molar refractivity (Wildman–Crippen MR) is 57.2 cm³/mol. The fraction of sp³-hybridized carbons (Fsp3) is 0.364. The molecule has 1 aromatic rings. The lowest BCUT2D eigenvalue weighted by Crippen LogP contribution is -2.50. The first-order chi connectivity index (χ1) is 8.15. The topological polar surface area (TPSA) is 69.6 Å². The highest BCUT2D eigenvalue weighted by atomic mass is 19.4. The van der Waals surface area contributed by atoms with Gasteiger partial charge >= 0.3 is 12.1 Å². The molecule has 0 fully saturated rings. The molecule has 0 bridgehead atoms. The fourth-order valence-electron chi connectivity index (χ4n) is 1.37. The van der Waals surface area contributed by atoms with Crippen LogP contribution in [0.5, 0.6) is 5.75 Å². The Morgan fingerprint density at radius 1 is 1.28 bits per heavy atom. The van der Waals surface area contributed by atoms with E-state index in [1.165, 1.54) is 24.3 Å². The summed E-state index contributed by atoms with van der Waals surface area (Å²) in [6.45, 7) is -0.288. The number of rotatable bonds is 4. The molecule has 0 radical (unpaired) electrons. The van der Waals surface area contributed by atoms with Gasteiger partial charge in [0, 0.05) is 0 Å². The third kappa shape index (κ3) is 3.36. The number of phenolic OH excluding ortho intramolecular Hbond substituents is 1. The molecule has 0 saturated heterocycles. The Labute approximate surface area is 101 Å². The second-order valence-corrected chi connectivity index (χ2v) is 3.95. The van der Waals surface area contributed by atoms with Crippen molar-refractivity contribution in [2.75, 3.05) is 6.54 Å². The fourth-order valence-corrected chi connectivity index (χ4v) is 1.37. The summed E-state index contributed by atoms with van der Waals surface area (Å²) in [6, 6.07) is 4.94. The van der Waals surface area contributed by atoms with E-state index >= 15 is 0 Å². The summed E-state index contributed by atoms with van der Waals surface area (Å²) in [5, 5.41) is 20.1. The predicted octanol–water partition coefficient (Wildman–Crippen LogP) is 1.84. The minimum atomic E-state index is -4.51. The van der Waals surface area contributed by atoms with Crippen molar-refractivity contribution in [3.8, 4) is 5.75 Å². The number of aliphatic carboxylic acids is 1. The smallest absolute Gasteiger partial charge is 0.401 e. The molecule has 0 saturated carbocycles. The third-order valence-corrected chi connectivity index (χ3v) is 2.51. The second-order valence-electron chi connectivity index (χ2n) is 3.95. The zero-order chi connectivity index (χ0) is 14.0. The zero-order valence-electron chi connectivity index (χ0n) is 9.45. The minimum absolute atomic E-state index is 0.0951. The van der Waals surface area contributed by atoms with Gasteiger partial charge < -0.3 is 10.2 Å². The summed E-state index contributed by atoms with van der Waals surface area (Å²) in [5.74, 6) is -1.53. The molecule has 4 nitrogen and oxygen atoms in total. The number of carboxylic acid groups (broad SMARTS) is 1. The molecule has 1 rings (SSSR count). The standard InChI is InChI=1S/C11H12F3NO3/c1-10(9(17)18,15-6-11(12,13)14)7-2-4-8(16)5-3-7/h2-5,15-16H,6H2,1H3,(H,17,18). The van der Waals surface area contributed by atoms with E-state index in [0.29, 0.717) is 0 Å². The van der Waals surface area contributed by atoms with Crippen molar-refractivity contribution in [2.45, 2.75) is 18.6 Å². The maximum absolute atomic E-state index is 12.1. The van der Waals surface area contributed by atoms with Crippen LogP contribution in [0.4, 0.5) is 13.2 Å². The maximum Gasteiger partial charge on any atom is 0.401 e. The quantitative estimate of drug-likeness (QED) is 0.775. The Balaban J connectivity index is 3.00. The van der Waals surface area contributed by atoms with Crippen molar-refractivity contribution in [1.82, 2.24) is 5.32 Å². The van der Waals surface area contributed by atoms with Gasteiger partial charge in [0.25, 0.3) is 0 Å². The molecule has 0 amide bonds. The van der Waals surface area contributed by atoms with Crippen LogP contribution in [0.15, 0.2) is 24.3 Å². The summed E-state index contributed by atoms with van der Waals surface area (Å²) in [5.41, 5.74) is -1.75. The van der Waals surface area contributed by atoms with Gasteiger partial charge in [-0.1, -0.05) is 12.1 Å². The molecule has 0 aliphatic rings. The van der Waals surface area contributed by atoms with E-state index in [-0.39, 0.29) is 11.3 Å². The summed E-state index contributed by atoms with van der Waals surface area (Å²) in [7, 11) is 0. The molecule has 1 aromatic carbocycles. The van der Waals surface area contributed by atoms with Gasteiger partial charge in [-0.2, -0.15) is 13.2 Å². The third-order valence-electron chi connectivity index (χ3n) is 2.51. The van der Waals surface area contributed by atoms with Crippen molar-refractivity contribution >= 4 is 5.97 Å². The van der Waals surface area contributed by atoms with Gasteiger partial charge in [-0.05, 0) is 24.6 Å². The average molecular weight is 263 g/mol. The molecule has 18 heavy (non-hydrogen) atoms. The molecule has 3 N–H and O–H groups in total. The zero-order valence-corrected chi connectivity index (χ0v) is 9.45. The summed E-state index contributed by atoms with van der Waals surface area (Å²) in [6.07, 6.45) is -4.51. The van der Waals surface area contributed by atoms with E-state index in [1.54, 1.807) is 0 Å². The van der Waals surface area contributed by atoms with Crippen LogP contribution < -0.4 is 5.32 Å². The first kappa shape index (κ1) is 14.3. The van der Waals surface area contributed by atoms with Crippen LogP contribution in [0.25, 0.3) is 0 Å². The van der Waals surface area contributed by atoms with Gasteiger partial charge in [0.15, 0.2) is 0 Å². The van der Waals surface area contributed by atoms with E-state index < -0.39 is 24.2 Å². The van der Waals surface area contributed by atoms with Crippen LogP contribution in [0.2, 0.25) is 0 Å². The Morgan fingerprint density at radius 2 is 1.78 bits per heavy atom. The highest BCUT2D eigenvalue weighted by molar-refractivity contribution is 5.80. The van der Waals surface area contributed by atoms with Gasteiger partial charge in [-0.3, -0.25) is 5.32 Å². The van der Waals surface area contributed by atoms with E-state index in [2.05, 4.69) is 0 Å². The number of carbonyl (C=O) groups is 1. The van der Waals surface area contributed by atoms with Gasteiger partial charge in [-0.25, -0.2) is 4.79 Å². The lowest BCUT2D eigenvalue weighted by molar-refractivity contribution is -0.150. The monoisotopic (exact) mass is 263 g/mol. The number of carboxylic acids is 1. The molecular weight excluding hydrogens is 251 g/mol. The van der Waals surface area contributed by atoms with Crippen molar-refractivity contribution in [3.05, 3.63) is 29.8 Å². The van der Waals surface area contributed by atoms with E-state index in [9.17, 15) is 18.0 Å². The highest BCUT2D eigenvalue weighted by Gasteiger charge is 2.39. The van der Waals surface area contributed by atoms with Crippen molar-refractivity contribution in [2.24, 2.45) is 0 Å². The number of nitrogens with one attached hydrogen (secondary N) is 1. The normalized spacial score (nSPS) is 15.1. The largest absolute Gasteiger partial charge is 0.508 e. The average Bonchev–Trinajstić information content (AvgIpc) is 2.25. The van der Waals surface area contributed by atoms with E-state index in [1.807, 2.05) is 5.32 Å².